The highest BCUT2D eigenvalue weighted by Gasteiger charge is 2.48. The molecule has 0 spiro atoms. The first-order chi connectivity index (χ1) is 8.46. The van der Waals surface area contributed by atoms with Crippen molar-refractivity contribution in [1.82, 2.24) is 4.90 Å². The number of alkyl halides is 1. The number of cyclic esters (lactones) is 1. The summed E-state index contributed by atoms with van der Waals surface area (Å²) in [5, 5.41) is 0.793. The molecular weight excluding hydrogens is 298 g/mol. The van der Waals surface area contributed by atoms with E-state index in [1.807, 2.05) is 24.3 Å². The molecule has 1 aromatic carbocycles. The largest absolute Gasteiger partial charge is 0.432 e. The summed E-state index contributed by atoms with van der Waals surface area (Å²) in [6.07, 6.45) is -0.190. The first-order valence-corrected chi connectivity index (χ1v) is 6.73. The topological polar surface area (TPSA) is 46.6 Å². The summed E-state index contributed by atoms with van der Waals surface area (Å²) in [4.78, 5) is 24.3. The molecule has 0 N–H and O–H groups in total. The minimum Gasteiger partial charge on any atom is -0.432 e. The van der Waals surface area contributed by atoms with Gasteiger partial charge < -0.3 is 4.74 Å². The predicted molar refractivity (Wildman–Crippen MR) is 70.4 cm³/mol. The van der Waals surface area contributed by atoms with Crippen molar-refractivity contribution in [2.45, 2.75) is 24.3 Å². The number of ether oxygens (including phenoxy) is 1. The van der Waals surface area contributed by atoms with Crippen molar-refractivity contribution in [1.29, 1.82) is 0 Å². The van der Waals surface area contributed by atoms with E-state index in [9.17, 15) is 9.59 Å². The highest BCUT2D eigenvalue weighted by Crippen LogP contribution is 2.27. The van der Waals surface area contributed by atoms with E-state index in [0.29, 0.717) is 6.42 Å². The van der Waals surface area contributed by atoms with E-state index in [4.69, 9.17) is 4.74 Å². The predicted octanol–water partition coefficient (Wildman–Crippen LogP) is 2.49. The molecule has 1 atom stereocenters. The van der Waals surface area contributed by atoms with Crippen molar-refractivity contribution < 1.29 is 14.3 Å². The quantitative estimate of drug-likeness (QED) is 0.806. The van der Waals surface area contributed by atoms with Crippen LogP contribution in [0.4, 0.5) is 4.79 Å². The summed E-state index contributed by atoms with van der Waals surface area (Å²) in [6.45, 7) is 1.65. The van der Waals surface area contributed by atoms with Crippen LogP contribution >= 0.6 is 15.9 Å². The number of amides is 2. The first kappa shape index (κ1) is 13.1. The first-order valence-electron chi connectivity index (χ1n) is 5.61. The number of carbonyl (C=O) groups excluding carboxylic acids is 2. The van der Waals surface area contributed by atoms with E-state index in [1.54, 1.807) is 6.92 Å². The molecule has 0 saturated carbocycles. The van der Waals surface area contributed by atoms with Crippen molar-refractivity contribution in [2.24, 2.45) is 0 Å². The Kier molecular flexibility index (Phi) is 3.43. The Balaban J connectivity index is 2.17. The Morgan fingerprint density at radius 2 is 1.78 bits per heavy atom. The molecular formula is C13H14BrNO3. The van der Waals surface area contributed by atoms with E-state index in [-0.39, 0.29) is 5.91 Å². The lowest BCUT2D eigenvalue weighted by Crippen LogP contribution is -2.38. The van der Waals surface area contributed by atoms with Crippen LogP contribution in [0.5, 0.6) is 0 Å². The van der Waals surface area contributed by atoms with Gasteiger partial charge in [-0.2, -0.15) is 0 Å². The van der Waals surface area contributed by atoms with Gasteiger partial charge in [0.1, 0.15) is 0 Å². The smallest absolute Gasteiger partial charge is 0.417 e. The van der Waals surface area contributed by atoms with Crippen LogP contribution in [0.1, 0.15) is 18.1 Å². The van der Waals surface area contributed by atoms with Crippen LogP contribution < -0.4 is 0 Å². The van der Waals surface area contributed by atoms with Gasteiger partial charge in [0.2, 0.25) is 0 Å². The third kappa shape index (κ3) is 2.27. The number of halogens is 1. The van der Waals surface area contributed by atoms with Gasteiger partial charge in [0.25, 0.3) is 5.91 Å². The van der Waals surface area contributed by atoms with E-state index in [0.717, 1.165) is 21.4 Å². The van der Waals surface area contributed by atoms with Crippen LogP contribution in [-0.2, 0) is 21.3 Å². The third-order valence-electron chi connectivity index (χ3n) is 3.06. The summed E-state index contributed by atoms with van der Waals surface area (Å²) < 4.78 is 5.16. The van der Waals surface area contributed by atoms with E-state index in [2.05, 4.69) is 15.9 Å². The SMILES string of the molecule is CN1C(=O)O[C@@](C)(Cc2ccc(CBr)cc2)C1=O. The molecule has 0 bridgehead atoms. The van der Waals surface area contributed by atoms with Gasteiger partial charge in [0.15, 0.2) is 5.60 Å². The van der Waals surface area contributed by atoms with Gasteiger partial charge >= 0.3 is 6.09 Å². The third-order valence-corrected chi connectivity index (χ3v) is 3.71. The Morgan fingerprint density at radius 3 is 2.22 bits per heavy atom. The average Bonchev–Trinajstić information content (AvgIpc) is 2.54. The summed E-state index contributed by atoms with van der Waals surface area (Å²) in [5.74, 6) is -0.294. The highest BCUT2D eigenvalue weighted by molar-refractivity contribution is 9.08. The van der Waals surface area contributed by atoms with Gasteiger partial charge in [0, 0.05) is 18.8 Å². The molecule has 0 radical (unpaired) electrons. The monoisotopic (exact) mass is 311 g/mol. The van der Waals surface area contributed by atoms with Crippen LogP contribution in [0.2, 0.25) is 0 Å². The van der Waals surface area contributed by atoms with Gasteiger partial charge in [0.05, 0.1) is 0 Å². The lowest BCUT2D eigenvalue weighted by Gasteiger charge is -2.19. The molecule has 0 aliphatic carbocycles. The zero-order valence-electron chi connectivity index (χ0n) is 10.3. The van der Waals surface area contributed by atoms with Crippen LogP contribution in [0.25, 0.3) is 0 Å². The molecule has 1 aliphatic heterocycles. The summed E-state index contributed by atoms with van der Waals surface area (Å²) in [5.41, 5.74) is 1.05. The summed E-state index contributed by atoms with van der Waals surface area (Å²) in [7, 11) is 1.43. The number of imide groups is 1. The molecule has 1 aliphatic rings. The number of likely N-dealkylation sites (N-methyl/N-ethyl adjacent to an activating group) is 1. The fourth-order valence-corrected chi connectivity index (χ4v) is 2.36. The van der Waals surface area contributed by atoms with Gasteiger partial charge in [-0.15, -0.1) is 0 Å². The fraction of sp³-hybridized carbons (Fsp3) is 0.385. The molecule has 1 heterocycles. The molecule has 2 amide bonds. The Hall–Kier alpha value is -1.36. The van der Waals surface area contributed by atoms with E-state index in [1.165, 1.54) is 7.05 Å². The van der Waals surface area contributed by atoms with Gasteiger partial charge in [-0.3, -0.25) is 4.79 Å². The molecule has 0 aromatic heterocycles. The molecule has 1 fully saturated rings. The van der Waals surface area contributed by atoms with Crippen molar-refractivity contribution in [3.05, 3.63) is 35.4 Å². The number of carbonyl (C=O) groups is 2. The molecule has 1 aromatic rings. The zero-order chi connectivity index (χ0) is 13.3. The summed E-state index contributed by atoms with van der Waals surface area (Å²) in [6, 6.07) is 7.86. The molecule has 5 heteroatoms. The molecule has 1 saturated heterocycles. The van der Waals surface area contributed by atoms with Crippen LogP contribution in [0.15, 0.2) is 24.3 Å². The molecule has 0 unspecified atom stereocenters. The highest BCUT2D eigenvalue weighted by atomic mass is 79.9. The lowest BCUT2D eigenvalue weighted by molar-refractivity contribution is -0.134. The second kappa shape index (κ2) is 4.72. The maximum Gasteiger partial charge on any atom is 0.417 e. The van der Waals surface area contributed by atoms with Crippen molar-refractivity contribution >= 4 is 27.9 Å². The van der Waals surface area contributed by atoms with Crippen LogP contribution in [0.3, 0.4) is 0 Å². The second-order valence-corrected chi connectivity index (χ2v) is 5.15. The van der Waals surface area contributed by atoms with Gasteiger partial charge in [-0.1, -0.05) is 40.2 Å². The number of rotatable bonds is 3. The zero-order valence-corrected chi connectivity index (χ0v) is 11.9. The van der Waals surface area contributed by atoms with Crippen LogP contribution in [0, 0.1) is 0 Å². The lowest BCUT2D eigenvalue weighted by atomic mass is 9.95. The normalized spacial score (nSPS) is 23.4. The molecule has 4 nitrogen and oxygen atoms in total. The van der Waals surface area contributed by atoms with Crippen LogP contribution in [-0.4, -0.2) is 29.5 Å². The van der Waals surface area contributed by atoms with Gasteiger partial charge in [-0.05, 0) is 18.1 Å². The minimum atomic E-state index is -1.08. The standard InChI is InChI=1S/C13H14BrNO3/c1-13(11(16)15(2)12(17)18-13)7-9-3-5-10(8-14)6-4-9/h3-6H,7-8H2,1-2H3/t13-/m0/s1. The number of nitrogens with zero attached hydrogens (tertiary/aromatic N) is 1. The Morgan fingerprint density at radius 1 is 1.22 bits per heavy atom. The minimum absolute atomic E-state index is 0.294. The maximum absolute atomic E-state index is 11.9. The Bertz CT molecular complexity index is 486. The second-order valence-electron chi connectivity index (χ2n) is 4.59. The number of hydrogen-bond acceptors (Lipinski definition) is 3. The van der Waals surface area contributed by atoms with E-state index < -0.39 is 11.7 Å². The Labute approximate surface area is 114 Å². The summed E-state index contributed by atoms with van der Waals surface area (Å²) >= 11 is 3.38. The average molecular weight is 312 g/mol. The molecule has 96 valence electrons. The number of benzene rings is 1. The molecule has 18 heavy (non-hydrogen) atoms. The van der Waals surface area contributed by atoms with Gasteiger partial charge in [-0.25, -0.2) is 9.69 Å². The fourth-order valence-electron chi connectivity index (χ4n) is 1.99. The van der Waals surface area contributed by atoms with Crippen molar-refractivity contribution in [2.75, 3.05) is 7.05 Å². The molecule has 2 rings (SSSR count). The maximum atomic E-state index is 11.9. The van der Waals surface area contributed by atoms with Crippen molar-refractivity contribution in [3.63, 3.8) is 0 Å². The van der Waals surface area contributed by atoms with E-state index >= 15 is 0 Å². The van der Waals surface area contributed by atoms with Crippen molar-refractivity contribution in [3.8, 4) is 0 Å². The number of hydrogen-bond donors (Lipinski definition) is 0.